The van der Waals surface area contributed by atoms with E-state index in [9.17, 15) is 5.11 Å². The number of benzene rings is 1. The van der Waals surface area contributed by atoms with Gasteiger partial charge in [0, 0.05) is 36.3 Å². The van der Waals surface area contributed by atoms with Gasteiger partial charge in [-0.25, -0.2) is 0 Å². The van der Waals surface area contributed by atoms with Gasteiger partial charge in [0.2, 0.25) is 0 Å². The first-order valence-corrected chi connectivity index (χ1v) is 5.48. The zero-order valence-corrected chi connectivity index (χ0v) is 9.24. The monoisotopic (exact) mass is 226 g/mol. The molecule has 0 bridgehead atoms. The second kappa shape index (κ2) is 4.39. The third kappa shape index (κ3) is 2.62. The molecule has 1 heterocycles. The Hall–Kier alpha value is -0.770. The van der Waals surface area contributed by atoms with E-state index in [1.54, 1.807) is 18.2 Å². The van der Waals surface area contributed by atoms with Crippen molar-refractivity contribution in [3.63, 3.8) is 0 Å². The summed E-state index contributed by atoms with van der Waals surface area (Å²) in [6, 6.07) is 5.40. The number of likely N-dealkylation sites (tertiary alicyclic amines) is 1. The van der Waals surface area contributed by atoms with Crippen LogP contribution in [-0.4, -0.2) is 29.1 Å². The van der Waals surface area contributed by atoms with Crippen LogP contribution in [0.1, 0.15) is 12.0 Å². The van der Waals surface area contributed by atoms with Crippen LogP contribution in [0, 0.1) is 0 Å². The topological polar surface area (TPSA) is 49.5 Å². The Kier molecular flexibility index (Phi) is 3.14. The van der Waals surface area contributed by atoms with Gasteiger partial charge in [-0.15, -0.1) is 0 Å². The van der Waals surface area contributed by atoms with Crippen LogP contribution in [-0.2, 0) is 6.54 Å². The van der Waals surface area contributed by atoms with Gasteiger partial charge in [-0.2, -0.15) is 0 Å². The standard InChI is InChI=1S/C11H15ClN2O/c12-9-1-2-11(15)8(5-9)6-14-4-3-10(13)7-14/h1-2,5,10,15H,3-4,6-7,13H2/t10-/m1/s1. The molecule has 1 aromatic carbocycles. The average Bonchev–Trinajstić information content (AvgIpc) is 2.58. The maximum atomic E-state index is 9.64. The predicted molar refractivity (Wildman–Crippen MR) is 61.0 cm³/mol. The van der Waals surface area contributed by atoms with Gasteiger partial charge in [0.1, 0.15) is 5.75 Å². The number of nitrogens with two attached hydrogens (primary N) is 1. The molecular formula is C11H15ClN2O. The van der Waals surface area contributed by atoms with E-state index in [2.05, 4.69) is 4.90 Å². The molecule has 0 aromatic heterocycles. The minimum absolute atomic E-state index is 0.270. The van der Waals surface area contributed by atoms with Crippen molar-refractivity contribution >= 4 is 11.6 Å². The minimum Gasteiger partial charge on any atom is -0.508 e. The van der Waals surface area contributed by atoms with E-state index >= 15 is 0 Å². The quantitative estimate of drug-likeness (QED) is 0.805. The van der Waals surface area contributed by atoms with Crippen LogP contribution in [0.2, 0.25) is 5.02 Å². The first kappa shape index (κ1) is 10.7. The normalized spacial score (nSPS) is 22.1. The Morgan fingerprint density at radius 1 is 1.53 bits per heavy atom. The second-order valence-electron chi connectivity index (χ2n) is 4.06. The highest BCUT2D eigenvalue weighted by Gasteiger charge is 2.19. The maximum Gasteiger partial charge on any atom is 0.120 e. The number of hydrogen-bond donors (Lipinski definition) is 2. The molecule has 0 amide bonds. The van der Waals surface area contributed by atoms with Gasteiger partial charge in [-0.3, -0.25) is 4.90 Å². The van der Waals surface area contributed by atoms with Crippen LogP contribution in [0.4, 0.5) is 0 Å². The zero-order valence-electron chi connectivity index (χ0n) is 8.49. The Balaban J connectivity index is 2.07. The van der Waals surface area contributed by atoms with Crippen molar-refractivity contribution in [1.29, 1.82) is 0 Å². The van der Waals surface area contributed by atoms with Crippen molar-refractivity contribution in [2.45, 2.75) is 19.0 Å². The summed E-state index contributed by atoms with van der Waals surface area (Å²) in [7, 11) is 0. The number of phenolic OH excluding ortho intramolecular Hbond substituents is 1. The van der Waals surface area contributed by atoms with Crippen LogP contribution in [0.25, 0.3) is 0 Å². The number of hydrogen-bond acceptors (Lipinski definition) is 3. The molecule has 4 heteroatoms. The lowest BCUT2D eigenvalue weighted by Crippen LogP contribution is -2.26. The zero-order chi connectivity index (χ0) is 10.8. The van der Waals surface area contributed by atoms with E-state index in [4.69, 9.17) is 17.3 Å². The molecule has 0 unspecified atom stereocenters. The van der Waals surface area contributed by atoms with Gasteiger partial charge in [-0.1, -0.05) is 11.6 Å². The van der Waals surface area contributed by atoms with E-state index in [1.165, 1.54) is 0 Å². The van der Waals surface area contributed by atoms with Crippen LogP contribution in [0.3, 0.4) is 0 Å². The molecule has 82 valence electrons. The van der Waals surface area contributed by atoms with E-state index in [0.29, 0.717) is 10.8 Å². The first-order valence-electron chi connectivity index (χ1n) is 5.10. The lowest BCUT2D eigenvalue weighted by molar-refractivity contribution is 0.320. The third-order valence-electron chi connectivity index (χ3n) is 2.74. The molecule has 1 aliphatic heterocycles. The highest BCUT2D eigenvalue weighted by Crippen LogP contribution is 2.24. The molecule has 3 nitrogen and oxygen atoms in total. The summed E-state index contributed by atoms with van der Waals surface area (Å²) in [6.07, 6.45) is 1.03. The van der Waals surface area contributed by atoms with Crippen LogP contribution >= 0.6 is 11.6 Å². The van der Waals surface area contributed by atoms with E-state index in [0.717, 1.165) is 31.6 Å². The van der Waals surface area contributed by atoms with Gasteiger partial charge in [0.15, 0.2) is 0 Å². The highest BCUT2D eigenvalue weighted by molar-refractivity contribution is 6.30. The van der Waals surface area contributed by atoms with Crippen molar-refractivity contribution < 1.29 is 5.11 Å². The molecule has 1 aliphatic rings. The molecular weight excluding hydrogens is 212 g/mol. The number of rotatable bonds is 2. The SMILES string of the molecule is N[C@@H]1CCN(Cc2cc(Cl)ccc2O)C1. The summed E-state index contributed by atoms with van der Waals surface area (Å²) in [5.41, 5.74) is 6.69. The first-order chi connectivity index (χ1) is 7.15. The highest BCUT2D eigenvalue weighted by atomic mass is 35.5. The molecule has 1 aromatic rings. The molecule has 0 spiro atoms. The average molecular weight is 227 g/mol. The third-order valence-corrected chi connectivity index (χ3v) is 2.98. The van der Waals surface area contributed by atoms with E-state index in [-0.39, 0.29) is 6.04 Å². The minimum atomic E-state index is 0.270. The molecule has 0 saturated carbocycles. The van der Waals surface area contributed by atoms with Gasteiger partial charge < -0.3 is 10.8 Å². The van der Waals surface area contributed by atoms with Crippen molar-refractivity contribution in [2.24, 2.45) is 5.73 Å². The van der Waals surface area contributed by atoms with Crippen LogP contribution in [0.5, 0.6) is 5.75 Å². The van der Waals surface area contributed by atoms with Crippen molar-refractivity contribution in [1.82, 2.24) is 4.90 Å². The Bertz CT molecular complexity index is 356. The van der Waals surface area contributed by atoms with Crippen molar-refractivity contribution in [2.75, 3.05) is 13.1 Å². The lowest BCUT2D eigenvalue weighted by atomic mass is 10.2. The van der Waals surface area contributed by atoms with Gasteiger partial charge in [0.25, 0.3) is 0 Å². The largest absolute Gasteiger partial charge is 0.508 e. The fourth-order valence-corrected chi connectivity index (χ4v) is 2.12. The van der Waals surface area contributed by atoms with E-state index in [1.807, 2.05) is 0 Å². The summed E-state index contributed by atoms with van der Waals surface area (Å²) < 4.78 is 0. The number of nitrogens with zero attached hydrogens (tertiary/aromatic N) is 1. The Labute approximate surface area is 94.4 Å². The molecule has 2 rings (SSSR count). The second-order valence-corrected chi connectivity index (χ2v) is 4.49. The van der Waals surface area contributed by atoms with Crippen molar-refractivity contribution in [3.8, 4) is 5.75 Å². The molecule has 15 heavy (non-hydrogen) atoms. The summed E-state index contributed by atoms with van der Waals surface area (Å²) >= 11 is 5.88. The summed E-state index contributed by atoms with van der Waals surface area (Å²) in [5.74, 6) is 0.305. The number of aromatic hydroxyl groups is 1. The van der Waals surface area contributed by atoms with Gasteiger partial charge in [0.05, 0.1) is 0 Å². The summed E-state index contributed by atoms with van der Waals surface area (Å²) in [6.45, 7) is 2.61. The Morgan fingerprint density at radius 3 is 3.00 bits per heavy atom. The molecule has 0 aliphatic carbocycles. The lowest BCUT2D eigenvalue weighted by Gasteiger charge is -2.16. The number of phenols is 1. The summed E-state index contributed by atoms with van der Waals surface area (Å²) in [5, 5.41) is 10.3. The smallest absolute Gasteiger partial charge is 0.120 e. The maximum absolute atomic E-state index is 9.64. The predicted octanol–water partition coefficient (Wildman–Crippen LogP) is 1.58. The van der Waals surface area contributed by atoms with Gasteiger partial charge in [-0.05, 0) is 24.6 Å². The fraction of sp³-hybridized carbons (Fsp3) is 0.455. The molecule has 1 saturated heterocycles. The van der Waals surface area contributed by atoms with Gasteiger partial charge >= 0.3 is 0 Å². The Morgan fingerprint density at radius 2 is 2.33 bits per heavy atom. The van der Waals surface area contributed by atoms with Crippen molar-refractivity contribution in [3.05, 3.63) is 28.8 Å². The van der Waals surface area contributed by atoms with Crippen LogP contribution < -0.4 is 5.73 Å². The molecule has 1 atom stereocenters. The molecule has 3 N–H and O–H groups in total. The van der Waals surface area contributed by atoms with E-state index < -0.39 is 0 Å². The molecule has 1 fully saturated rings. The van der Waals surface area contributed by atoms with Crippen LogP contribution in [0.15, 0.2) is 18.2 Å². The summed E-state index contributed by atoms with van der Waals surface area (Å²) in [4.78, 5) is 2.23. The molecule has 0 radical (unpaired) electrons. The fourth-order valence-electron chi connectivity index (χ4n) is 1.93. The number of halogens is 1.